The van der Waals surface area contributed by atoms with Crippen molar-refractivity contribution in [2.45, 2.75) is 51.2 Å². The van der Waals surface area contributed by atoms with E-state index in [2.05, 4.69) is 39.8 Å². The molecule has 0 spiro atoms. The average Bonchev–Trinajstić information content (AvgIpc) is 3.46. The second kappa shape index (κ2) is 13.8. The summed E-state index contributed by atoms with van der Waals surface area (Å²) in [7, 11) is 0. The molecule has 0 aromatic heterocycles. The first-order chi connectivity index (χ1) is 20.4. The molecule has 3 aromatic carbocycles. The number of carbonyl (C=O) groups is 3. The third-order valence-corrected chi connectivity index (χ3v) is 8.44. The number of amides is 3. The second-order valence-electron chi connectivity index (χ2n) is 11.4. The zero-order valence-electron chi connectivity index (χ0n) is 24.3. The fourth-order valence-corrected chi connectivity index (χ4v) is 5.93. The Bertz CT molecular complexity index is 1340. The Morgan fingerprint density at radius 2 is 1.45 bits per heavy atom. The van der Waals surface area contributed by atoms with Gasteiger partial charge in [-0.3, -0.25) is 19.3 Å². The minimum Gasteiger partial charge on any atom is -0.344 e. The fraction of sp³-hybridized carbons (Fsp3) is 0.382. The molecule has 0 saturated carbocycles. The average molecular weight is 568 g/mol. The summed E-state index contributed by atoms with van der Waals surface area (Å²) in [5.41, 5.74) is 11.7. The number of hydrogen-bond donors (Lipinski definition) is 3. The van der Waals surface area contributed by atoms with Crippen molar-refractivity contribution in [1.82, 2.24) is 15.1 Å². The lowest BCUT2D eigenvalue weighted by atomic mass is 9.96. The molecule has 8 nitrogen and oxygen atoms in total. The molecule has 2 unspecified atom stereocenters. The molecule has 1 fully saturated rings. The van der Waals surface area contributed by atoms with Crippen LogP contribution in [-0.4, -0.2) is 65.8 Å². The summed E-state index contributed by atoms with van der Waals surface area (Å²) >= 11 is 0. The van der Waals surface area contributed by atoms with E-state index in [0.717, 1.165) is 38.0 Å². The van der Waals surface area contributed by atoms with Crippen molar-refractivity contribution in [3.8, 4) is 0 Å². The number of fused-ring (bicyclic) bond motifs is 1. The van der Waals surface area contributed by atoms with Gasteiger partial charge in [-0.05, 0) is 53.1 Å². The molecule has 1 heterocycles. The minimum absolute atomic E-state index is 0.0583. The van der Waals surface area contributed by atoms with E-state index in [1.807, 2.05) is 59.5 Å². The molecule has 5 rings (SSSR count). The predicted molar refractivity (Wildman–Crippen MR) is 165 cm³/mol. The molecule has 2 aliphatic rings. The molecule has 3 amide bonds. The van der Waals surface area contributed by atoms with E-state index >= 15 is 0 Å². The standard InChI is InChI=1S/C34H41N5O3/c1-2-31(40)37-30(34(42)39-18-16-38(17-19-39)23-25-8-4-3-5-9-25)20-24-12-14-29(15-13-24)36-33(41)32(35)28-21-26-10-6-7-11-27(26)22-28/h3-15,28,30,32H,2,16-23,35H2,1H3,(H,36,41)(H,37,40). The Kier molecular flexibility index (Phi) is 9.66. The van der Waals surface area contributed by atoms with Crippen LogP contribution < -0.4 is 16.4 Å². The molecule has 3 aromatic rings. The largest absolute Gasteiger partial charge is 0.344 e. The van der Waals surface area contributed by atoms with Crippen LogP contribution in [-0.2, 0) is 40.2 Å². The van der Waals surface area contributed by atoms with Gasteiger partial charge in [-0.2, -0.15) is 0 Å². The molecule has 1 aliphatic carbocycles. The summed E-state index contributed by atoms with van der Waals surface area (Å²) in [6.45, 7) is 5.48. The Hall–Kier alpha value is -4.01. The number of hydrogen-bond acceptors (Lipinski definition) is 5. The van der Waals surface area contributed by atoms with Gasteiger partial charge in [-0.1, -0.05) is 73.7 Å². The lowest BCUT2D eigenvalue weighted by Crippen LogP contribution is -2.55. The van der Waals surface area contributed by atoms with Crippen LogP contribution >= 0.6 is 0 Å². The molecule has 0 radical (unpaired) electrons. The van der Waals surface area contributed by atoms with Gasteiger partial charge in [0, 0.05) is 51.3 Å². The number of carbonyl (C=O) groups excluding carboxylic acids is 3. The van der Waals surface area contributed by atoms with Crippen molar-refractivity contribution in [3.05, 3.63) is 101 Å². The summed E-state index contributed by atoms with van der Waals surface area (Å²) in [5.74, 6) is -0.328. The van der Waals surface area contributed by atoms with Gasteiger partial charge in [-0.15, -0.1) is 0 Å². The summed E-state index contributed by atoms with van der Waals surface area (Å²) in [6, 6.07) is 24.8. The molecule has 42 heavy (non-hydrogen) atoms. The van der Waals surface area contributed by atoms with Gasteiger partial charge in [-0.25, -0.2) is 0 Å². The van der Waals surface area contributed by atoms with E-state index < -0.39 is 12.1 Å². The van der Waals surface area contributed by atoms with Gasteiger partial charge in [0.25, 0.3) is 0 Å². The number of piperazine rings is 1. The number of anilines is 1. The van der Waals surface area contributed by atoms with Crippen LogP contribution in [0.15, 0.2) is 78.9 Å². The first-order valence-corrected chi connectivity index (χ1v) is 15.0. The number of benzene rings is 3. The smallest absolute Gasteiger partial charge is 0.245 e. The maximum Gasteiger partial charge on any atom is 0.245 e. The maximum atomic E-state index is 13.5. The Balaban J connectivity index is 1.15. The minimum atomic E-state index is -0.643. The van der Waals surface area contributed by atoms with E-state index in [9.17, 15) is 14.4 Å². The third-order valence-electron chi connectivity index (χ3n) is 8.44. The molecular formula is C34H41N5O3. The van der Waals surface area contributed by atoms with Gasteiger partial charge in [0.1, 0.15) is 6.04 Å². The van der Waals surface area contributed by atoms with Crippen molar-refractivity contribution >= 4 is 23.4 Å². The van der Waals surface area contributed by atoms with Crippen molar-refractivity contribution in [1.29, 1.82) is 0 Å². The van der Waals surface area contributed by atoms with Gasteiger partial charge in [0.2, 0.25) is 17.7 Å². The van der Waals surface area contributed by atoms with Crippen LogP contribution in [0.5, 0.6) is 0 Å². The molecule has 8 heteroatoms. The quantitative estimate of drug-likeness (QED) is 0.349. The van der Waals surface area contributed by atoms with E-state index in [1.165, 1.54) is 16.7 Å². The molecule has 1 aliphatic heterocycles. The van der Waals surface area contributed by atoms with Gasteiger partial charge < -0.3 is 21.3 Å². The zero-order chi connectivity index (χ0) is 29.5. The van der Waals surface area contributed by atoms with E-state index in [4.69, 9.17) is 5.73 Å². The van der Waals surface area contributed by atoms with Gasteiger partial charge in [0.05, 0.1) is 6.04 Å². The number of nitrogens with two attached hydrogens (primary N) is 1. The monoisotopic (exact) mass is 567 g/mol. The van der Waals surface area contributed by atoms with Crippen molar-refractivity contribution in [3.63, 3.8) is 0 Å². The zero-order valence-corrected chi connectivity index (χ0v) is 24.3. The molecular weight excluding hydrogens is 526 g/mol. The SMILES string of the molecule is CCC(=O)NC(Cc1ccc(NC(=O)C(N)C2Cc3ccccc3C2)cc1)C(=O)N1CCN(Cc2ccccc2)CC1. The van der Waals surface area contributed by atoms with Crippen molar-refractivity contribution in [2.24, 2.45) is 11.7 Å². The summed E-state index contributed by atoms with van der Waals surface area (Å²) in [5, 5.41) is 5.88. The van der Waals surface area contributed by atoms with Gasteiger partial charge in [0.15, 0.2) is 0 Å². The van der Waals surface area contributed by atoms with Crippen molar-refractivity contribution < 1.29 is 14.4 Å². The highest BCUT2D eigenvalue weighted by molar-refractivity contribution is 5.95. The first kappa shape index (κ1) is 29.5. The lowest BCUT2D eigenvalue weighted by molar-refractivity contribution is -0.138. The molecule has 220 valence electrons. The number of nitrogens with one attached hydrogen (secondary N) is 2. The third kappa shape index (κ3) is 7.43. The summed E-state index contributed by atoms with van der Waals surface area (Å²) in [6.07, 6.45) is 2.31. The van der Waals surface area contributed by atoms with Crippen LogP contribution in [0, 0.1) is 5.92 Å². The van der Waals surface area contributed by atoms with Gasteiger partial charge >= 0.3 is 0 Å². The molecule has 1 saturated heterocycles. The molecule has 2 atom stereocenters. The Labute approximate surface area is 248 Å². The Morgan fingerprint density at radius 3 is 2.07 bits per heavy atom. The van der Waals surface area contributed by atoms with Crippen LogP contribution in [0.25, 0.3) is 0 Å². The van der Waals surface area contributed by atoms with Crippen LogP contribution in [0.3, 0.4) is 0 Å². The fourth-order valence-electron chi connectivity index (χ4n) is 5.93. The predicted octanol–water partition coefficient (Wildman–Crippen LogP) is 3.15. The lowest BCUT2D eigenvalue weighted by Gasteiger charge is -2.36. The summed E-state index contributed by atoms with van der Waals surface area (Å²) in [4.78, 5) is 43.0. The van der Waals surface area contributed by atoms with E-state index in [1.54, 1.807) is 6.92 Å². The first-order valence-electron chi connectivity index (χ1n) is 15.0. The highest BCUT2D eigenvalue weighted by Crippen LogP contribution is 2.28. The number of nitrogens with zero attached hydrogens (tertiary/aromatic N) is 2. The maximum absolute atomic E-state index is 13.5. The Morgan fingerprint density at radius 1 is 0.833 bits per heavy atom. The van der Waals surface area contributed by atoms with Crippen molar-refractivity contribution in [2.75, 3.05) is 31.5 Å². The van der Waals surface area contributed by atoms with Crippen LogP contribution in [0.4, 0.5) is 5.69 Å². The molecule has 4 N–H and O–H groups in total. The summed E-state index contributed by atoms with van der Waals surface area (Å²) < 4.78 is 0. The van der Waals surface area contributed by atoms with E-state index in [0.29, 0.717) is 31.6 Å². The van der Waals surface area contributed by atoms with Crippen LogP contribution in [0.2, 0.25) is 0 Å². The highest BCUT2D eigenvalue weighted by atomic mass is 16.2. The molecule has 0 bridgehead atoms. The normalized spacial score (nSPS) is 16.9. The van der Waals surface area contributed by atoms with E-state index in [-0.39, 0.29) is 23.6 Å². The highest BCUT2D eigenvalue weighted by Gasteiger charge is 2.31. The van der Waals surface area contributed by atoms with Crippen LogP contribution in [0.1, 0.15) is 35.6 Å². The topological polar surface area (TPSA) is 108 Å². The number of rotatable bonds is 10. The second-order valence-corrected chi connectivity index (χ2v) is 11.4.